The molecule has 3 aromatic heterocycles. The second-order valence-corrected chi connectivity index (χ2v) is 6.62. The van der Waals surface area contributed by atoms with Crippen LogP contribution >= 0.6 is 35.3 Å². The molecule has 0 unspecified atom stereocenters. The van der Waals surface area contributed by atoms with Crippen molar-refractivity contribution < 1.29 is 4.42 Å². The molecule has 0 spiro atoms. The highest BCUT2D eigenvalue weighted by Crippen LogP contribution is 2.24. The number of para-hydroxylation sites is 1. The first-order valence-electron chi connectivity index (χ1n) is 8.07. The zero-order valence-corrected chi connectivity index (χ0v) is 17.7. The second-order valence-electron chi connectivity index (χ2n) is 5.75. The van der Waals surface area contributed by atoms with Gasteiger partial charge in [-0.1, -0.05) is 18.2 Å². The number of benzene rings is 1. The Kier molecular flexibility index (Phi) is 5.82. The zero-order chi connectivity index (χ0) is 17.2. The lowest BCUT2D eigenvalue weighted by Crippen LogP contribution is -2.36. The Morgan fingerprint density at radius 3 is 2.85 bits per heavy atom. The number of furan rings is 1. The van der Waals surface area contributed by atoms with Crippen LogP contribution in [0, 0.1) is 6.92 Å². The van der Waals surface area contributed by atoms with Crippen molar-refractivity contribution in [2.24, 2.45) is 4.99 Å². The monoisotopic (exact) mass is 481 g/mol. The van der Waals surface area contributed by atoms with Crippen molar-refractivity contribution in [3.8, 4) is 0 Å². The van der Waals surface area contributed by atoms with E-state index in [4.69, 9.17) is 4.42 Å². The van der Waals surface area contributed by atoms with Gasteiger partial charge >= 0.3 is 0 Å². The molecule has 0 saturated carbocycles. The molecule has 0 amide bonds. The predicted octanol–water partition coefficient (Wildman–Crippen LogP) is 3.93. The van der Waals surface area contributed by atoms with Crippen LogP contribution in [0.2, 0.25) is 0 Å². The third kappa shape index (κ3) is 3.70. The van der Waals surface area contributed by atoms with E-state index in [0.717, 1.165) is 38.9 Å². The van der Waals surface area contributed by atoms with Gasteiger partial charge in [-0.3, -0.25) is 9.39 Å². The number of fused-ring (bicyclic) bond motifs is 2. The van der Waals surface area contributed by atoms with Gasteiger partial charge in [-0.25, -0.2) is 4.98 Å². The summed E-state index contributed by atoms with van der Waals surface area (Å²) in [6.45, 7) is 3.28. The fourth-order valence-electron chi connectivity index (χ4n) is 2.81. The Morgan fingerprint density at radius 1 is 1.27 bits per heavy atom. The van der Waals surface area contributed by atoms with Crippen LogP contribution in [-0.4, -0.2) is 22.4 Å². The summed E-state index contributed by atoms with van der Waals surface area (Å²) in [4.78, 5) is 9.82. The van der Waals surface area contributed by atoms with Crippen LogP contribution in [-0.2, 0) is 13.1 Å². The lowest BCUT2D eigenvalue weighted by Gasteiger charge is -2.10. The summed E-state index contributed by atoms with van der Waals surface area (Å²) in [7, 11) is 1.76. The standard InChI is InChI=1S/C18H19N5OS.HI/c1-12-14-5-3-4-6-15(14)24-16(12)10-21-17(19-2)20-9-13-11-23-7-8-25-18(23)22-13;/h3-8,11H,9-10H2,1-2H3,(H2,19,20,21);1H. The summed E-state index contributed by atoms with van der Waals surface area (Å²) >= 11 is 1.63. The zero-order valence-electron chi connectivity index (χ0n) is 14.5. The molecular formula is C18H20IN5OS. The SMILES string of the molecule is CN=C(NCc1cn2ccsc2n1)NCc1oc2ccccc2c1C.I. The number of rotatable bonds is 4. The maximum absolute atomic E-state index is 5.93. The molecule has 0 radical (unpaired) electrons. The molecule has 0 aliphatic heterocycles. The number of aryl methyl sites for hydroxylation is 1. The molecule has 2 N–H and O–H groups in total. The molecule has 4 aromatic rings. The van der Waals surface area contributed by atoms with E-state index in [0.29, 0.717) is 13.1 Å². The molecular weight excluding hydrogens is 461 g/mol. The smallest absolute Gasteiger partial charge is 0.193 e. The quantitative estimate of drug-likeness (QED) is 0.263. The summed E-state index contributed by atoms with van der Waals surface area (Å²) in [5.74, 6) is 1.64. The fraction of sp³-hybridized carbons (Fsp3) is 0.222. The van der Waals surface area contributed by atoms with E-state index in [-0.39, 0.29) is 24.0 Å². The van der Waals surface area contributed by atoms with Gasteiger partial charge < -0.3 is 15.1 Å². The summed E-state index contributed by atoms with van der Waals surface area (Å²) < 4.78 is 7.95. The highest BCUT2D eigenvalue weighted by atomic mass is 127. The van der Waals surface area contributed by atoms with Gasteiger partial charge in [-0.05, 0) is 13.0 Å². The molecule has 3 heterocycles. The number of nitrogens with zero attached hydrogens (tertiary/aromatic N) is 3. The van der Waals surface area contributed by atoms with E-state index in [1.54, 1.807) is 18.4 Å². The minimum absolute atomic E-state index is 0. The number of hydrogen-bond donors (Lipinski definition) is 2. The van der Waals surface area contributed by atoms with Crippen LogP contribution < -0.4 is 10.6 Å². The second kappa shape index (κ2) is 8.09. The van der Waals surface area contributed by atoms with Crippen molar-refractivity contribution in [1.29, 1.82) is 0 Å². The molecule has 0 bridgehead atoms. The van der Waals surface area contributed by atoms with E-state index in [1.807, 2.05) is 40.4 Å². The normalized spacial score (nSPS) is 11.7. The van der Waals surface area contributed by atoms with E-state index in [9.17, 15) is 0 Å². The number of aromatic nitrogens is 2. The Hall–Kier alpha value is -2.07. The largest absolute Gasteiger partial charge is 0.459 e. The van der Waals surface area contributed by atoms with Crippen LogP contribution in [0.1, 0.15) is 17.0 Å². The molecule has 0 fully saturated rings. The molecule has 6 nitrogen and oxygen atoms in total. The van der Waals surface area contributed by atoms with E-state index < -0.39 is 0 Å². The minimum atomic E-state index is 0. The van der Waals surface area contributed by atoms with Gasteiger partial charge in [0.1, 0.15) is 11.3 Å². The predicted molar refractivity (Wildman–Crippen MR) is 116 cm³/mol. The molecule has 8 heteroatoms. The molecule has 1 aromatic carbocycles. The number of hydrogen-bond acceptors (Lipinski definition) is 4. The Balaban J connectivity index is 0.00000196. The fourth-order valence-corrected chi connectivity index (χ4v) is 3.53. The van der Waals surface area contributed by atoms with Crippen molar-refractivity contribution in [3.05, 3.63) is 59.1 Å². The molecule has 0 atom stereocenters. The summed E-state index contributed by atoms with van der Waals surface area (Å²) in [5.41, 5.74) is 3.06. The van der Waals surface area contributed by atoms with Gasteiger partial charge in [0.25, 0.3) is 0 Å². The van der Waals surface area contributed by atoms with Gasteiger partial charge in [0.15, 0.2) is 10.9 Å². The molecule has 0 aliphatic carbocycles. The number of aliphatic imine (C=N–C) groups is 1. The highest BCUT2D eigenvalue weighted by molar-refractivity contribution is 14.0. The van der Waals surface area contributed by atoms with Gasteiger partial charge in [-0.2, -0.15) is 0 Å². The average Bonchev–Trinajstić information content (AvgIpc) is 3.29. The Bertz CT molecular complexity index is 1020. The third-order valence-electron chi connectivity index (χ3n) is 4.16. The van der Waals surface area contributed by atoms with Gasteiger partial charge in [0.2, 0.25) is 0 Å². The molecule has 0 saturated heterocycles. The average molecular weight is 481 g/mol. The first-order valence-corrected chi connectivity index (χ1v) is 8.95. The van der Waals surface area contributed by atoms with Crippen LogP contribution in [0.15, 0.2) is 51.4 Å². The Labute approximate surface area is 172 Å². The lowest BCUT2D eigenvalue weighted by atomic mass is 10.1. The van der Waals surface area contributed by atoms with Crippen LogP contribution in [0.5, 0.6) is 0 Å². The van der Waals surface area contributed by atoms with Crippen molar-refractivity contribution in [2.75, 3.05) is 7.05 Å². The lowest BCUT2D eigenvalue weighted by molar-refractivity contribution is 0.534. The van der Waals surface area contributed by atoms with Crippen molar-refractivity contribution in [2.45, 2.75) is 20.0 Å². The van der Waals surface area contributed by atoms with Gasteiger partial charge in [-0.15, -0.1) is 35.3 Å². The summed E-state index contributed by atoms with van der Waals surface area (Å²) in [5, 5.41) is 9.76. The summed E-state index contributed by atoms with van der Waals surface area (Å²) in [6.07, 6.45) is 4.03. The molecule has 4 rings (SSSR count). The number of halogens is 1. The first-order chi connectivity index (χ1) is 12.2. The van der Waals surface area contributed by atoms with E-state index >= 15 is 0 Å². The maximum Gasteiger partial charge on any atom is 0.193 e. The number of imidazole rings is 1. The van der Waals surface area contributed by atoms with Crippen molar-refractivity contribution >= 4 is 57.2 Å². The number of nitrogens with one attached hydrogen (secondary N) is 2. The topological polar surface area (TPSA) is 66.9 Å². The van der Waals surface area contributed by atoms with Crippen molar-refractivity contribution in [3.63, 3.8) is 0 Å². The molecule has 26 heavy (non-hydrogen) atoms. The van der Waals surface area contributed by atoms with E-state index in [1.165, 1.54) is 0 Å². The van der Waals surface area contributed by atoms with Crippen LogP contribution in [0.3, 0.4) is 0 Å². The molecule has 0 aliphatic rings. The molecule has 136 valence electrons. The summed E-state index contributed by atoms with van der Waals surface area (Å²) in [6, 6.07) is 8.08. The van der Waals surface area contributed by atoms with Crippen LogP contribution in [0.4, 0.5) is 0 Å². The van der Waals surface area contributed by atoms with Gasteiger partial charge in [0.05, 0.1) is 18.8 Å². The number of guanidine groups is 1. The number of thiazole rings is 1. The Morgan fingerprint density at radius 2 is 2.08 bits per heavy atom. The third-order valence-corrected chi connectivity index (χ3v) is 4.93. The first kappa shape index (κ1) is 18.7. The van der Waals surface area contributed by atoms with E-state index in [2.05, 4.69) is 33.6 Å². The van der Waals surface area contributed by atoms with Crippen LogP contribution in [0.25, 0.3) is 15.9 Å². The van der Waals surface area contributed by atoms with Gasteiger partial charge in [0, 0.05) is 35.8 Å². The maximum atomic E-state index is 5.93. The minimum Gasteiger partial charge on any atom is -0.459 e. The highest BCUT2D eigenvalue weighted by Gasteiger charge is 2.10. The van der Waals surface area contributed by atoms with Crippen molar-refractivity contribution in [1.82, 2.24) is 20.0 Å².